The van der Waals surface area contributed by atoms with Gasteiger partial charge in [-0.15, -0.1) is 0 Å². The highest BCUT2D eigenvalue weighted by atomic mass is 79.9. The topological polar surface area (TPSA) is 72.2 Å². The minimum atomic E-state index is -0.496. The summed E-state index contributed by atoms with van der Waals surface area (Å²) in [4.78, 5) is 26.8. The highest BCUT2D eigenvalue weighted by Gasteiger charge is 2.08. The first-order valence-electron chi connectivity index (χ1n) is 5.09. The Labute approximate surface area is 111 Å². The quantitative estimate of drug-likeness (QED) is 0.924. The van der Waals surface area contributed by atoms with E-state index in [1.165, 1.54) is 12.1 Å². The van der Waals surface area contributed by atoms with Crippen LogP contribution in [0, 0.1) is 6.92 Å². The summed E-state index contributed by atoms with van der Waals surface area (Å²) >= 11 is 3.32. The zero-order valence-corrected chi connectivity index (χ0v) is 11.0. The van der Waals surface area contributed by atoms with E-state index in [1.807, 2.05) is 6.92 Å². The van der Waals surface area contributed by atoms with Crippen molar-refractivity contribution in [2.75, 3.05) is 5.32 Å². The van der Waals surface area contributed by atoms with Crippen molar-refractivity contribution in [3.8, 4) is 0 Å². The molecule has 0 fully saturated rings. The molecule has 0 aliphatic heterocycles. The van der Waals surface area contributed by atoms with Gasteiger partial charge < -0.3 is 9.73 Å². The third-order valence-corrected chi connectivity index (χ3v) is 3.06. The smallest absolute Gasteiger partial charge is 0.335 e. The van der Waals surface area contributed by atoms with E-state index in [2.05, 4.69) is 30.6 Å². The van der Waals surface area contributed by atoms with Gasteiger partial charge in [0.2, 0.25) is 0 Å². The van der Waals surface area contributed by atoms with Crippen molar-refractivity contribution in [1.29, 1.82) is 0 Å². The van der Waals surface area contributed by atoms with E-state index in [-0.39, 0.29) is 11.5 Å². The fraction of sp³-hybridized carbons (Fsp3) is 0.0833. The van der Waals surface area contributed by atoms with Crippen LogP contribution in [0.4, 0.5) is 5.82 Å². The van der Waals surface area contributed by atoms with Crippen molar-refractivity contribution in [2.24, 2.45) is 0 Å². The number of carbonyl (C=O) groups is 1. The second-order valence-corrected chi connectivity index (χ2v) is 4.42. The molecule has 1 N–H and O–H groups in total. The molecule has 2 aromatic rings. The summed E-state index contributed by atoms with van der Waals surface area (Å²) in [5.41, 5.74) is 0.536. The summed E-state index contributed by atoms with van der Waals surface area (Å²) < 4.78 is 5.48. The van der Waals surface area contributed by atoms with Crippen LogP contribution in [-0.2, 0) is 0 Å². The Bertz CT molecular complexity index is 632. The monoisotopic (exact) mass is 308 g/mol. The van der Waals surface area contributed by atoms with Crippen LogP contribution < -0.4 is 10.9 Å². The van der Waals surface area contributed by atoms with Gasteiger partial charge in [-0.1, -0.05) is 0 Å². The molecule has 2 rings (SSSR count). The van der Waals surface area contributed by atoms with Crippen molar-refractivity contribution < 1.29 is 9.21 Å². The van der Waals surface area contributed by atoms with Gasteiger partial charge in [-0.25, -0.2) is 9.78 Å². The lowest BCUT2D eigenvalue weighted by Gasteiger charge is -2.05. The summed E-state index contributed by atoms with van der Waals surface area (Å²) in [7, 11) is 0. The highest BCUT2D eigenvalue weighted by Crippen LogP contribution is 2.16. The summed E-state index contributed by atoms with van der Waals surface area (Å²) in [5.74, 6) is 0.0554. The van der Waals surface area contributed by atoms with Gasteiger partial charge in [0.25, 0.3) is 5.91 Å². The maximum atomic E-state index is 11.8. The normalized spacial score (nSPS) is 10.1. The molecule has 0 atom stereocenters. The molecule has 0 unspecified atom stereocenters. The second-order valence-electron chi connectivity index (χ2n) is 3.56. The first kappa shape index (κ1) is 12.5. The molecule has 0 saturated heterocycles. The molecule has 0 aliphatic rings. The lowest BCUT2D eigenvalue weighted by molar-refractivity contribution is 0.102. The van der Waals surface area contributed by atoms with Gasteiger partial charge in [-0.05, 0) is 41.1 Å². The number of amides is 1. The molecule has 1 amide bonds. The molecular formula is C12H9BrN2O3. The summed E-state index contributed by atoms with van der Waals surface area (Å²) in [5, 5.41) is 2.61. The van der Waals surface area contributed by atoms with Crippen molar-refractivity contribution in [1.82, 2.24) is 4.98 Å². The van der Waals surface area contributed by atoms with E-state index in [9.17, 15) is 9.59 Å². The van der Waals surface area contributed by atoms with Crippen molar-refractivity contribution in [3.05, 3.63) is 56.7 Å². The third-order valence-electron chi connectivity index (χ3n) is 2.23. The van der Waals surface area contributed by atoms with E-state index >= 15 is 0 Å². The Hall–Kier alpha value is -1.95. The average Bonchev–Trinajstić information content (AvgIpc) is 2.34. The fourth-order valence-corrected chi connectivity index (χ4v) is 1.51. The Morgan fingerprint density at radius 1 is 1.33 bits per heavy atom. The van der Waals surface area contributed by atoms with Gasteiger partial charge in [-0.3, -0.25) is 4.79 Å². The van der Waals surface area contributed by atoms with Gasteiger partial charge in [0, 0.05) is 10.5 Å². The second kappa shape index (κ2) is 5.14. The van der Waals surface area contributed by atoms with Crippen molar-refractivity contribution in [2.45, 2.75) is 6.92 Å². The Morgan fingerprint density at radius 2 is 2.11 bits per heavy atom. The molecular weight excluding hydrogens is 300 g/mol. The minimum Gasteiger partial charge on any atom is -0.430 e. The highest BCUT2D eigenvalue weighted by molar-refractivity contribution is 9.10. The van der Waals surface area contributed by atoms with Gasteiger partial charge in [-0.2, -0.15) is 0 Å². The van der Waals surface area contributed by atoms with Crippen LogP contribution >= 0.6 is 15.9 Å². The molecule has 5 nitrogen and oxygen atoms in total. The SMILES string of the molecule is Cc1nc(NC(=O)c2ccc(=O)oc2)ccc1Br. The van der Waals surface area contributed by atoms with E-state index in [0.29, 0.717) is 5.82 Å². The third kappa shape index (κ3) is 2.84. The Kier molecular flexibility index (Phi) is 3.57. The molecule has 18 heavy (non-hydrogen) atoms. The zero-order valence-electron chi connectivity index (χ0n) is 9.44. The number of hydrogen-bond donors (Lipinski definition) is 1. The Balaban J connectivity index is 2.18. The standard InChI is InChI=1S/C12H9BrN2O3/c1-7-9(13)3-4-10(14-7)15-12(17)8-2-5-11(16)18-6-8/h2-6H,1H3,(H,14,15,17). The number of halogens is 1. The van der Waals surface area contributed by atoms with E-state index in [4.69, 9.17) is 0 Å². The first-order chi connectivity index (χ1) is 8.56. The molecule has 92 valence electrons. The summed E-state index contributed by atoms with van der Waals surface area (Å²) in [6, 6.07) is 6.05. The van der Waals surface area contributed by atoms with Crippen LogP contribution in [-0.4, -0.2) is 10.9 Å². The predicted molar refractivity (Wildman–Crippen MR) is 69.6 cm³/mol. The van der Waals surface area contributed by atoms with Gasteiger partial charge in [0.1, 0.15) is 12.1 Å². The Morgan fingerprint density at radius 3 is 2.72 bits per heavy atom. The maximum Gasteiger partial charge on any atom is 0.335 e. The molecule has 0 radical (unpaired) electrons. The number of nitrogens with one attached hydrogen (secondary N) is 1. The zero-order chi connectivity index (χ0) is 13.1. The number of aromatic nitrogens is 1. The molecule has 0 aliphatic carbocycles. The van der Waals surface area contributed by atoms with Crippen molar-refractivity contribution in [3.63, 3.8) is 0 Å². The van der Waals surface area contributed by atoms with E-state index in [1.54, 1.807) is 12.1 Å². The number of aryl methyl sites for hydroxylation is 1. The summed E-state index contributed by atoms with van der Waals surface area (Å²) in [6.07, 6.45) is 1.11. The van der Waals surface area contributed by atoms with E-state index in [0.717, 1.165) is 16.4 Å². The summed E-state index contributed by atoms with van der Waals surface area (Å²) in [6.45, 7) is 1.82. The van der Waals surface area contributed by atoms with Gasteiger partial charge in [0.05, 0.1) is 11.3 Å². The minimum absolute atomic E-state index is 0.261. The largest absolute Gasteiger partial charge is 0.430 e. The lowest BCUT2D eigenvalue weighted by Crippen LogP contribution is -2.14. The van der Waals surface area contributed by atoms with Crippen LogP contribution in [0.1, 0.15) is 16.1 Å². The number of nitrogens with zero attached hydrogens (tertiary/aromatic N) is 1. The fourth-order valence-electron chi connectivity index (χ4n) is 1.29. The maximum absolute atomic E-state index is 11.8. The van der Waals surface area contributed by atoms with Crippen LogP contribution in [0.25, 0.3) is 0 Å². The van der Waals surface area contributed by atoms with Crippen LogP contribution in [0.5, 0.6) is 0 Å². The number of pyridine rings is 1. The molecule has 0 aromatic carbocycles. The number of rotatable bonds is 2. The lowest BCUT2D eigenvalue weighted by atomic mass is 10.3. The van der Waals surface area contributed by atoms with Crippen LogP contribution in [0.3, 0.4) is 0 Å². The first-order valence-corrected chi connectivity index (χ1v) is 5.89. The van der Waals surface area contributed by atoms with Gasteiger partial charge >= 0.3 is 5.63 Å². The molecule has 0 saturated carbocycles. The predicted octanol–water partition coefficient (Wildman–Crippen LogP) is 2.36. The van der Waals surface area contributed by atoms with Crippen molar-refractivity contribution >= 4 is 27.7 Å². The molecule has 6 heteroatoms. The number of anilines is 1. The molecule has 0 spiro atoms. The number of carbonyl (C=O) groups excluding carboxylic acids is 1. The molecule has 2 aromatic heterocycles. The molecule has 0 bridgehead atoms. The number of hydrogen-bond acceptors (Lipinski definition) is 4. The molecule has 2 heterocycles. The van der Waals surface area contributed by atoms with Crippen LogP contribution in [0.15, 0.2) is 44.2 Å². The van der Waals surface area contributed by atoms with E-state index < -0.39 is 5.63 Å². The van der Waals surface area contributed by atoms with Crippen LogP contribution in [0.2, 0.25) is 0 Å². The average molecular weight is 309 g/mol. The van der Waals surface area contributed by atoms with Gasteiger partial charge in [0.15, 0.2) is 0 Å².